The molecule has 0 aromatic heterocycles. The van der Waals surface area contributed by atoms with Gasteiger partial charge >= 0.3 is 0 Å². The number of piperidine rings is 1. The van der Waals surface area contributed by atoms with Crippen molar-refractivity contribution in [1.29, 1.82) is 0 Å². The van der Waals surface area contributed by atoms with Gasteiger partial charge in [-0.25, -0.2) is 0 Å². The normalized spacial score (nSPS) is 18.9. The van der Waals surface area contributed by atoms with Crippen LogP contribution in [0.2, 0.25) is 0 Å². The van der Waals surface area contributed by atoms with Crippen molar-refractivity contribution in [3.05, 3.63) is 29.8 Å². The van der Waals surface area contributed by atoms with Gasteiger partial charge in [0.15, 0.2) is 0 Å². The molecule has 1 heterocycles. The van der Waals surface area contributed by atoms with E-state index in [9.17, 15) is 4.79 Å². The predicted octanol–water partition coefficient (Wildman–Crippen LogP) is 3.88. The Bertz CT molecular complexity index is 427. The lowest BCUT2D eigenvalue weighted by molar-refractivity contribution is 0.0635. The minimum Gasteiger partial charge on any atom is -0.494 e. The van der Waals surface area contributed by atoms with Crippen LogP contribution >= 0.6 is 0 Å². The van der Waals surface area contributed by atoms with E-state index >= 15 is 0 Å². The Hall–Kier alpha value is -1.51. The molecular weight excluding hydrogens is 250 g/mol. The van der Waals surface area contributed by atoms with Gasteiger partial charge in [-0.15, -0.1) is 0 Å². The third-order valence-electron chi connectivity index (χ3n) is 3.93. The van der Waals surface area contributed by atoms with Gasteiger partial charge in [-0.2, -0.15) is 0 Å². The topological polar surface area (TPSA) is 29.5 Å². The Morgan fingerprint density at radius 1 is 1.30 bits per heavy atom. The summed E-state index contributed by atoms with van der Waals surface area (Å²) < 4.78 is 5.62. The fourth-order valence-electron chi connectivity index (χ4n) is 2.59. The smallest absolute Gasteiger partial charge is 0.254 e. The average molecular weight is 275 g/mol. The van der Waals surface area contributed by atoms with E-state index in [4.69, 9.17) is 4.74 Å². The summed E-state index contributed by atoms with van der Waals surface area (Å²) in [5.41, 5.74) is 0.765. The number of unbranched alkanes of at least 4 members (excludes halogenated alkanes) is 1. The van der Waals surface area contributed by atoms with Crippen molar-refractivity contribution in [2.75, 3.05) is 13.2 Å². The summed E-state index contributed by atoms with van der Waals surface area (Å²) in [4.78, 5) is 14.5. The quantitative estimate of drug-likeness (QED) is 0.763. The van der Waals surface area contributed by atoms with Gasteiger partial charge in [-0.3, -0.25) is 4.79 Å². The SMILES string of the molecule is CCCCOc1ccc(C(=O)N2CCCCC2C)cc1. The molecule has 1 amide bonds. The van der Waals surface area contributed by atoms with Crippen molar-refractivity contribution >= 4 is 5.91 Å². The first-order valence-corrected chi connectivity index (χ1v) is 7.76. The van der Waals surface area contributed by atoms with E-state index in [0.717, 1.165) is 50.1 Å². The van der Waals surface area contributed by atoms with Gasteiger partial charge in [-0.05, 0) is 56.9 Å². The molecule has 1 aliphatic heterocycles. The Morgan fingerprint density at radius 3 is 2.70 bits per heavy atom. The number of nitrogens with zero attached hydrogens (tertiary/aromatic N) is 1. The highest BCUT2D eigenvalue weighted by Gasteiger charge is 2.23. The van der Waals surface area contributed by atoms with Crippen molar-refractivity contribution in [2.45, 2.75) is 52.0 Å². The van der Waals surface area contributed by atoms with Crippen LogP contribution in [0.4, 0.5) is 0 Å². The molecule has 1 aromatic rings. The van der Waals surface area contributed by atoms with Crippen LogP contribution in [-0.2, 0) is 0 Å². The van der Waals surface area contributed by atoms with Gasteiger partial charge < -0.3 is 9.64 Å². The fraction of sp³-hybridized carbons (Fsp3) is 0.588. The van der Waals surface area contributed by atoms with Crippen molar-refractivity contribution in [3.63, 3.8) is 0 Å². The van der Waals surface area contributed by atoms with Gasteiger partial charge in [0, 0.05) is 18.2 Å². The molecule has 1 atom stereocenters. The molecular formula is C17H25NO2. The maximum atomic E-state index is 12.5. The lowest BCUT2D eigenvalue weighted by atomic mass is 10.0. The summed E-state index contributed by atoms with van der Waals surface area (Å²) in [6.07, 6.45) is 5.66. The number of hydrogen-bond acceptors (Lipinski definition) is 2. The second-order valence-corrected chi connectivity index (χ2v) is 5.57. The monoisotopic (exact) mass is 275 g/mol. The highest BCUT2D eigenvalue weighted by Crippen LogP contribution is 2.20. The van der Waals surface area contributed by atoms with Crippen molar-refractivity contribution in [1.82, 2.24) is 4.90 Å². The largest absolute Gasteiger partial charge is 0.494 e. The number of likely N-dealkylation sites (tertiary alicyclic amines) is 1. The maximum Gasteiger partial charge on any atom is 0.254 e. The van der Waals surface area contributed by atoms with Crippen LogP contribution in [0, 0.1) is 0 Å². The molecule has 110 valence electrons. The molecule has 1 saturated heterocycles. The summed E-state index contributed by atoms with van der Waals surface area (Å²) >= 11 is 0. The number of rotatable bonds is 5. The Labute approximate surface area is 121 Å². The zero-order valence-electron chi connectivity index (χ0n) is 12.6. The van der Waals surface area contributed by atoms with Crippen molar-refractivity contribution < 1.29 is 9.53 Å². The maximum absolute atomic E-state index is 12.5. The Balaban J connectivity index is 1.96. The van der Waals surface area contributed by atoms with E-state index in [1.807, 2.05) is 29.2 Å². The Kier molecular flexibility index (Phi) is 5.45. The molecule has 0 aliphatic carbocycles. The molecule has 0 radical (unpaired) electrons. The summed E-state index contributed by atoms with van der Waals surface area (Å²) in [6, 6.07) is 7.92. The standard InChI is InChI=1S/C17H25NO2/c1-3-4-13-20-16-10-8-15(9-11-16)17(19)18-12-6-5-7-14(18)2/h8-11,14H,3-7,12-13H2,1-2H3. The number of ether oxygens (including phenoxy) is 1. The summed E-state index contributed by atoms with van der Waals surface area (Å²) in [7, 11) is 0. The van der Waals surface area contributed by atoms with E-state index < -0.39 is 0 Å². The zero-order valence-corrected chi connectivity index (χ0v) is 12.6. The van der Waals surface area contributed by atoms with Crippen LogP contribution in [-0.4, -0.2) is 30.0 Å². The molecule has 1 fully saturated rings. The van der Waals surface area contributed by atoms with Gasteiger partial charge in [-0.1, -0.05) is 13.3 Å². The van der Waals surface area contributed by atoms with Gasteiger partial charge in [0.2, 0.25) is 0 Å². The molecule has 0 spiro atoms. The van der Waals surface area contributed by atoms with Crippen molar-refractivity contribution in [2.24, 2.45) is 0 Å². The first-order chi connectivity index (χ1) is 9.72. The molecule has 1 aliphatic rings. The highest BCUT2D eigenvalue weighted by molar-refractivity contribution is 5.94. The number of amides is 1. The predicted molar refractivity (Wildman–Crippen MR) is 81.2 cm³/mol. The van der Waals surface area contributed by atoms with Crippen LogP contribution in [0.1, 0.15) is 56.3 Å². The lowest BCUT2D eigenvalue weighted by Crippen LogP contribution is -2.41. The third kappa shape index (κ3) is 3.75. The summed E-state index contributed by atoms with van der Waals surface area (Å²) in [5, 5.41) is 0. The summed E-state index contributed by atoms with van der Waals surface area (Å²) in [5.74, 6) is 0.999. The van der Waals surface area contributed by atoms with Crippen LogP contribution in [0.15, 0.2) is 24.3 Å². The molecule has 2 rings (SSSR count). The van der Waals surface area contributed by atoms with Crippen LogP contribution in [0.25, 0.3) is 0 Å². The number of carbonyl (C=O) groups excluding carboxylic acids is 1. The first-order valence-electron chi connectivity index (χ1n) is 7.76. The fourth-order valence-corrected chi connectivity index (χ4v) is 2.59. The van der Waals surface area contributed by atoms with E-state index in [2.05, 4.69) is 13.8 Å². The minimum atomic E-state index is 0.150. The highest BCUT2D eigenvalue weighted by atomic mass is 16.5. The summed E-state index contributed by atoms with van der Waals surface area (Å²) in [6.45, 7) is 5.91. The number of hydrogen-bond donors (Lipinski definition) is 0. The first kappa shape index (κ1) is 14.9. The molecule has 3 nitrogen and oxygen atoms in total. The lowest BCUT2D eigenvalue weighted by Gasteiger charge is -2.33. The Morgan fingerprint density at radius 2 is 2.05 bits per heavy atom. The molecule has 1 unspecified atom stereocenters. The zero-order chi connectivity index (χ0) is 14.4. The molecule has 1 aromatic carbocycles. The second kappa shape index (κ2) is 7.32. The third-order valence-corrected chi connectivity index (χ3v) is 3.93. The van der Waals surface area contributed by atoms with E-state index in [1.165, 1.54) is 6.42 Å². The van der Waals surface area contributed by atoms with E-state index in [1.54, 1.807) is 0 Å². The van der Waals surface area contributed by atoms with Crippen molar-refractivity contribution in [3.8, 4) is 5.75 Å². The molecule has 0 bridgehead atoms. The molecule has 20 heavy (non-hydrogen) atoms. The molecule has 0 N–H and O–H groups in total. The second-order valence-electron chi connectivity index (χ2n) is 5.57. The molecule has 3 heteroatoms. The van der Waals surface area contributed by atoms with E-state index in [0.29, 0.717) is 6.04 Å². The van der Waals surface area contributed by atoms with Gasteiger partial charge in [0.25, 0.3) is 5.91 Å². The van der Waals surface area contributed by atoms with Gasteiger partial charge in [0.1, 0.15) is 5.75 Å². The minimum absolute atomic E-state index is 0.150. The number of carbonyl (C=O) groups is 1. The van der Waals surface area contributed by atoms with Crippen LogP contribution < -0.4 is 4.74 Å². The van der Waals surface area contributed by atoms with E-state index in [-0.39, 0.29) is 5.91 Å². The van der Waals surface area contributed by atoms with Gasteiger partial charge in [0.05, 0.1) is 6.61 Å². The number of benzene rings is 1. The van der Waals surface area contributed by atoms with Crippen LogP contribution in [0.3, 0.4) is 0 Å². The molecule has 0 saturated carbocycles. The average Bonchev–Trinajstić information content (AvgIpc) is 2.48. The van der Waals surface area contributed by atoms with Crippen LogP contribution in [0.5, 0.6) is 5.75 Å².